The third-order valence-electron chi connectivity index (χ3n) is 3.55. The van der Waals surface area contributed by atoms with Crippen LogP contribution in [0.2, 0.25) is 0 Å². The number of piperidine rings is 1. The molecule has 6 heteroatoms. The van der Waals surface area contributed by atoms with E-state index in [1.54, 1.807) is 7.11 Å². The van der Waals surface area contributed by atoms with Crippen LogP contribution < -0.4 is 16.0 Å². The zero-order valence-electron chi connectivity index (χ0n) is 12.8. The zero-order chi connectivity index (χ0) is 15.0. The van der Waals surface area contributed by atoms with Gasteiger partial charge in [0.1, 0.15) is 0 Å². The molecule has 0 spiro atoms. The van der Waals surface area contributed by atoms with Crippen molar-refractivity contribution in [2.24, 2.45) is 5.41 Å². The monoisotopic (exact) mass is 285 g/mol. The van der Waals surface area contributed by atoms with Gasteiger partial charge in [0.15, 0.2) is 0 Å². The van der Waals surface area contributed by atoms with E-state index in [0.29, 0.717) is 19.6 Å². The molecule has 1 fully saturated rings. The molecule has 2 amide bonds. The van der Waals surface area contributed by atoms with Crippen LogP contribution in [0.15, 0.2) is 0 Å². The predicted octanol–water partition coefficient (Wildman–Crippen LogP) is 0.0335. The smallest absolute Gasteiger partial charge is 0.228 e. The van der Waals surface area contributed by atoms with Crippen LogP contribution in [0.25, 0.3) is 0 Å². The average Bonchev–Trinajstić information content (AvgIpc) is 2.39. The minimum Gasteiger partial charge on any atom is -0.384 e. The van der Waals surface area contributed by atoms with E-state index in [-0.39, 0.29) is 17.9 Å². The van der Waals surface area contributed by atoms with Gasteiger partial charge in [0, 0.05) is 26.1 Å². The number of hydrogen-bond donors (Lipinski definition) is 3. The minimum absolute atomic E-state index is 0.00167. The Hall–Kier alpha value is -1.14. The Morgan fingerprint density at radius 3 is 2.50 bits per heavy atom. The molecule has 3 N–H and O–H groups in total. The average molecular weight is 285 g/mol. The van der Waals surface area contributed by atoms with Gasteiger partial charge in [0.05, 0.1) is 12.0 Å². The topological polar surface area (TPSA) is 79.5 Å². The van der Waals surface area contributed by atoms with Crippen LogP contribution in [0.5, 0.6) is 0 Å². The van der Waals surface area contributed by atoms with Crippen molar-refractivity contribution in [2.45, 2.75) is 39.2 Å². The summed E-state index contributed by atoms with van der Waals surface area (Å²) in [7, 11) is 1.62. The van der Waals surface area contributed by atoms with E-state index < -0.39 is 5.41 Å². The SMILES string of the molecule is COCC1(C(=O)NCCC(=O)NC(C)C)CCNCC1. The summed E-state index contributed by atoms with van der Waals surface area (Å²) in [5.74, 6) is -0.0374. The molecule has 0 atom stereocenters. The lowest BCUT2D eigenvalue weighted by atomic mass is 9.78. The van der Waals surface area contributed by atoms with Crippen molar-refractivity contribution < 1.29 is 14.3 Å². The first-order valence-corrected chi connectivity index (χ1v) is 7.27. The molecule has 20 heavy (non-hydrogen) atoms. The Morgan fingerprint density at radius 1 is 1.30 bits per heavy atom. The van der Waals surface area contributed by atoms with Crippen molar-refractivity contribution in [2.75, 3.05) is 33.4 Å². The van der Waals surface area contributed by atoms with Crippen LogP contribution in [0.3, 0.4) is 0 Å². The number of methoxy groups -OCH3 is 1. The van der Waals surface area contributed by atoms with E-state index >= 15 is 0 Å². The lowest BCUT2D eigenvalue weighted by molar-refractivity contribution is -0.136. The van der Waals surface area contributed by atoms with Crippen LogP contribution in [0.4, 0.5) is 0 Å². The summed E-state index contributed by atoms with van der Waals surface area (Å²) in [5, 5.41) is 8.93. The second kappa shape index (κ2) is 8.21. The van der Waals surface area contributed by atoms with Gasteiger partial charge in [-0.15, -0.1) is 0 Å². The standard InChI is InChI=1S/C14H27N3O3/c1-11(2)17-12(18)4-7-16-13(19)14(10-20-3)5-8-15-9-6-14/h11,15H,4-10H2,1-3H3,(H,16,19)(H,17,18). The first kappa shape index (κ1) is 16.9. The molecular weight excluding hydrogens is 258 g/mol. The fourth-order valence-corrected chi connectivity index (χ4v) is 2.49. The Labute approximate surface area is 121 Å². The molecule has 1 aliphatic rings. The number of rotatable bonds is 7. The second-order valence-electron chi connectivity index (χ2n) is 5.69. The Kier molecular flexibility index (Phi) is 6.95. The summed E-state index contributed by atoms with van der Waals surface area (Å²) >= 11 is 0. The molecule has 0 saturated carbocycles. The second-order valence-corrected chi connectivity index (χ2v) is 5.69. The van der Waals surface area contributed by atoms with Gasteiger partial charge in [-0.2, -0.15) is 0 Å². The maximum absolute atomic E-state index is 12.4. The molecule has 0 aromatic heterocycles. The zero-order valence-corrected chi connectivity index (χ0v) is 12.8. The van der Waals surface area contributed by atoms with E-state index in [0.717, 1.165) is 25.9 Å². The van der Waals surface area contributed by atoms with Crippen molar-refractivity contribution in [3.05, 3.63) is 0 Å². The first-order valence-electron chi connectivity index (χ1n) is 7.27. The molecule has 0 unspecified atom stereocenters. The molecule has 1 aliphatic heterocycles. The van der Waals surface area contributed by atoms with Crippen molar-refractivity contribution in [1.29, 1.82) is 0 Å². The van der Waals surface area contributed by atoms with E-state index in [1.807, 2.05) is 13.8 Å². The summed E-state index contributed by atoms with van der Waals surface area (Å²) in [6.45, 7) is 6.28. The highest BCUT2D eigenvalue weighted by Crippen LogP contribution is 2.29. The predicted molar refractivity (Wildman–Crippen MR) is 77.3 cm³/mol. The van der Waals surface area contributed by atoms with Gasteiger partial charge in [0.25, 0.3) is 0 Å². The molecule has 0 bridgehead atoms. The summed E-state index contributed by atoms with van der Waals surface area (Å²) in [4.78, 5) is 23.9. The third kappa shape index (κ3) is 5.09. The van der Waals surface area contributed by atoms with E-state index in [2.05, 4.69) is 16.0 Å². The van der Waals surface area contributed by atoms with E-state index in [4.69, 9.17) is 4.74 Å². The maximum atomic E-state index is 12.4. The molecule has 0 aromatic carbocycles. The number of nitrogens with one attached hydrogen (secondary N) is 3. The number of ether oxygens (including phenoxy) is 1. The van der Waals surface area contributed by atoms with Gasteiger partial charge in [-0.05, 0) is 39.8 Å². The van der Waals surface area contributed by atoms with Crippen LogP contribution in [0, 0.1) is 5.41 Å². The summed E-state index contributed by atoms with van der Waals surface area (Å²) in [5.41, 5.74) is -0.450. The van der Waals surface area contributed by atoms with Crippen LogP contribution >= 0.6 is 0 Å². The lowest BCUT2D eigenvalue weighted by Crippen LogP contribution is -2.50. The van der Waals surface area contributed by atoms with Crippen LogP contribution in [-0.4, -0.2) is 51.2 Å². The van der Waals surface area contributed by atoms with Gasteiger partial charge in [-0.1, -0.05) is 0 Å². The summed E-state index contributed by atoms with van der Waals surface area (Å²) in [6, 6.07) is 0.127. The Bertz CT molecular complexity index is 320. The quantitative estimate of drug-likeness (QED) is 0.617. The largest absolute Gasteiger partial charge is 0.384 e. The fourth-order valence-electron chi connectivity index (χ4n) is 2.49. The molecule has 0 aliphatic carbocycles. The molecule has 0 aromatic rings. The Morgan fingerprint density at radius 2 is 1.95 bits per heavy atom. The Balaban J connectivity index is 2.41. The first-order chi connectivity index (χ1) is 9.50. The molecule has 1 saturated heterocycles. The van der Waals surface area contributed by atoms with Crippen molar-refractivity contribution in [3.8, 4) is 0 Å². The minimum atomic E-state index is -0.450. The lowest BCUT2D eigenvalue weighted by Gasteiger charge is -2.35. The van der Waals surface area contributed by atoms with Crippen LogP contribution in [0.1, 0.15) is 33.1 Å². The van der Waals surface area contributed by atoms with Crippen molar-refractivity contribution in [3.63, 3.8) is 0 Å². The fraction of sp³-hybridized carbons (Fsp3) is 0.857. The molecular formula is C14H27N3O3. The number of amides is 2. The normalized spacial score (nSPS) is 17.8. The van der Waals surface area contributed by atoms with Gasteiger partial charge >= 0.3 is 0 Å². The highest BCUT2D eigenvalue weighted by atomic mass is 16.5. The van der Waals surface area contributed by atoms with Crippen LogP contribution in [-0.2, 0) is 14.3 Å². The maximum Gasteiger partial charge on any atom is 0.228 e. The van der Waals surface area contributed by atoms with E-state index in [1.165, 1.54) is 0 Å². The molecule has 6 nitrogen and oxygen atoms in total. The molecule has 116 valence electrons. The highest BCUT2D eigenvalue weighted by molar-refractivity contribution is 5.84. The van der Waals surface area contributed by atoms with Gasteiger partial charge in [0.2, 0.25) is 11.8 Å². The number of carbonyl (C=O) groups is 2. The molecule has 1 rings (SSSR count). The molecule has 1 heterocycles. The van der Waals surface area contributed by atoms with Gasteiger partial charge < -0.3 is 20.7 Å². The van der Waals surface area contributed by atoms with E-state index in [9.17, 15) is 9.59 Å². The number of carbonyl (C=O) groups excluding carboxylic acids is 2. The highest BCUT2D eigenvalue weighted by Gasteiger charge is 2.39. The van der Waals surface area contributed by atoms with Crippen molar-refractivity contribution >= 4 is 11.8 Å². The summed E-state index contributed by atoms with van der Waals surface area (Å²) < 4.78 is 5.22. The van der Waals surface area contributed by atoms with Gasteiger partial charge in [-0.25, -0.2) is 0 Å². The summed E-state index contributed by atoms with van der Waals surface area (Å²) in [6.07, 6.45) is 1.85. The third-order valence-corrected chi connectivity index (χ3v) is 3.55. The van der Waals surface area contributed by atoms with Gasteiger partial charge in [-0.3, -0.25) is 9.59 Å². The number of hydrogen-bond acceptors (Lipinski definition) is 4. The van der Waals surface area contributed by atoms with Crippen molar-refractivity contribution in [1.82, 2.24) is 16.0 Å². The molecule has 0 radical (unpaired) electrons.